The third-order valence-electron chi connectivity index (χ3n) is 18.9. The van der Waals surface area contributed by atoms with E-state index >= 15 is 0 Å². The first-order valence-corrected chi connectivity index (χ1v) is 43.6. The lowest BCUT2D eigenvalue weighted by molar-refractivity contribution is 0.559. The van der Waals surface area contributed by atoms with Crippen LogP contribution in [0.15, 0.2) is 449 Å². The molecule has 0 bridgehead atoms. The van der Waals surface area contributed by atoms with E-state index in [1.54, 1.807) is 0 Å². The molecule has 4 heteroatoms. The molecule has 0 radical (unpaired) electrons. The molecule has 17 aromatic carbocycles. The summed E-state index contributed by atoms with van der Waals surface area (Å²) in [6, 6.07) is 160. The molecule has 0 amide bonds. The summed E-state index contributed by atoms with van der Waals surface area (Å²) in [6.45, 7) is 28.0. The monoisotopic (exact) mass is 1600 g/mol. The predicted octanol–water partition coefficient (Wildman–Crippen LogP) is 35.2. The van der Waals surface area contributed by atoms with Crippen LogP contribution in [0.2, 0.25) is 0 Å². The average molecular weight is 1610 g/mol. The summed E-state index contributed by atoms with van der Waals surface area (Å²) in [7, 11) is -3.11. The van der Waals surface area contributed by atoms with Crippen molar-refractivity contribution in [3.05, 3.63) is 449 Å². The van der Waals surface area contributed by atoms with E-state index in [4.69, 9.17) is 12.6 Å². The second-order valence-electron chi connectivity index (χ2n) is 25.4. The van der Waals surface area contributed by atoms with Crippen LogP contribution in [-0.2, 0) is 10.6 Å². The molecule has 17 aromatic rings. The van der Waals surface area contributed by atoms with Crippen LogP contribution in [0.1, 0.15) is 104 Å². The van der Waals surface area contributed by atoms with Crippen molar-refractivity contribution in [3.63, 3.8) is 0 Å². The van der Waals surface area contributed by atoms with Crippen molar-refractivity contribution in [2.45, 2.75) is 104 Å². The number of hydrogen-bond acceptors (Lipinski definition) is 3. The molecule has 121 heavy (non-hydrogen) atoms. The molecule has 0 saturated carbocycles. The van der Waals surface area contributed by atoms with E-state index in [0.29, 0.717) is 0 Å². The highest BCUT2D eigenvalue weighted by Gasteiger charge is 2.26. The van der Waals surface area contributed by atoms with Crippen molar-refractivity contribution in [2.24, 2.45) is 0 Å². The van der Waals surface area contributed by atoms with Crippen LogP contribution in [0.25, 0.3) is 156 Å². The second kappa shape index (κ2) is 54.4. The van der Waals surface area contributed by atoms with Gasteiger partial charge in [-0.2, -0.15) is 0 Å². The summed E-state index contributed by atoms with van der Waals surface area (Å²) in [4.78, 5) is 0. The van der Waals surface area contributed by atoms with E-state index in [1.807, 2.05) is 96.9 Å². The Morgan fingerprint density at radius 2 is 0.215 bits per heavy atom. The van der Waals surface area contributed by atoms with Crippen molar-refractivity contribution in [1.29, 1.82) is 0 Å². The van der Waals surface area contributed by atoms with Crippen molar-refractivity contribution in [1.82, 2.24) is 0 Å². The van der Waals surface area contributed by atoms with E-state index < -0.39 is 10.6 Å². The summed E-state index contributed by atoms with van der Waals surface area (Å²) < 4.78 is 25.3. The Kier molecular flexibility index (Phi) is 43.2. The molecule has 0 aliphatic rings. The quantitative estimate of drug-likeness (QED) is 0.109. The van der Waals surface area contributed by atoms with E-state index in [-0.39, 0.29) is 7.43 Å². The zero-order chi connectivity index (χ0) is 86.1. The van der Waals surface area contributed by atoms with Gasteiger partial charge in [-0.3, -0.25) is 0 Å². The maximum absolute atomic E-state index is 8.44. The van der Waals surface area contributed by atoms with Gasteiger partial charge in [-0.05, 0) is 168 Å². The van der Waals surface area contributed by atoms with Crippen LogP contribution in [-0.4, -0.2) is 12.6 Å². The first-order chi connectivity index (χ1) is 59.4. The van der Waals surface area contributed by atoms with Crippen molar-refractivity contribution in [3.8, 4) is 156 Å². The Hall–Kier alpha value is -13.6. The zero-order valence-electron chi connectivity index (χ0n) is 72.4. The minimum atomic E-state index is -3.11. The van der Waals surface area contributed by atoms with Crippen molar-refractivity contribution < 1.29 is 12.6 Å². The standard InChI is InChI=1S/2C36H26.C30H22.7C2H6.CH4.O3S/c2*1-6-16-27(17-7-1)32-26-33(28-18-8-2-9-19-28)35(30-22-12-4-13-23-30)36(31-24-14-5-15-25-31)34(32)29-20-10-3-11-21-29;1-5-13-23(14-6-1)27-21-22-28(24-15-7-2-8-16-24)30(26-19-11-4-12-20-26)29(27)25-17-9-3-10-18-25;7*1-2;;1-4(2)3/h2*1-26H;1-22H;7*1-2H3;1H4;. The average Bonchev–Trinajstić information content (AvgIpc) is 0.754. The van der Waals surface area contributed by atoms with Gasteiger partial charge in [-0.25, -0.2) is 0 Å². The van der Waals surface area contributed by atoms with E-state index in [1.165, 1.54) is 156 Å². The number of rotatable bonds is 14. The summed E-state index contributed by atoms with van der Waals surface area (Å²) in [5, 5.41) is 0. The lowest BCUT2D eigenvalue weighted by Gasteiger charge is -2.24. The molecule has 0 fully saturated rings. The number of benzene rings is 17. The molecule has 0 aliphatic heterocycles. The third-order valence-corrected chi connectivity index (χ3v) is 18.9. The molecule has 0 aromatic heterocycles. The summed E-state index contributed by atoms with van der Waals surface area (Å²) in [6.07, 6.45) is 0. The highest BCUT2D eigenvalue weighted by Crippen LogP contribution is 2.53. The minimum Gasteiger partial charge on any atom is -0.142 e. The van der Waals surface area contributed by atoms with Gasteiger partial charge in [0.25, 0.3) is 0 Å². The molecule has 0 spiro atoms. The van der Waals surface area contributed by atoms with Gasteiger partial charge in [0.2, 0.25) is 0 Å². The maximum atomic E-state index is 8.44. The molecule has 0 saturated heterocycles. The summed E-state index contributed by atoms with van der Waals surface area (Å²) in [5.74, 6) is 0. The Balaban J connectivity index is 0.000000256. The first kappa shape index (κ1) is 96.2. The lowest BCUT2D eigenvalue weighted by Crippen LogP contribution is -1.98. The normalized spacial score (nSPS) is 9.60. The topological polar surface area (TPSA) is 51.2 Å². The van der Waals surface area contributed by atoms with Gasteiger partial charge in [-0.15, -0.1) is 12.6 Å². The molecule has 0 aliphatic carbocycles. The van der Waals surface area contributed by atoms with Gasteiger partial charge in [0.1, 0.15) is 0 Å². The fraction of sp³-hybridized carbons (Fsp3) is 0.128. The van der Waals surface area contributed by atoms with Crippen LogP contribution in [0.4, 0.5) is 0 Å². The Morgan fingerprint density at radius 1 is 0.124 bits per heavy atom. The molecule has 612 valence electrons. The van der Waals surface area contributed by atoms with Gasteiger partial charge in [-0.1, -0.05) is 541 Å². The fourth-order valence-corrected chi connectivity index (χ4v) is 14.3. The molecular formula is C117H120O3S. The molecule has 17 rings (SSSR count). The summed E-state index contributed by atoms with van der Waals surface area (Å²) >= 11 is 0. The van der Waals surface area contributed by atoms with E-state index in [2.05, 4.69) is 449 Å². The van der Waals surface area contributed by atoms with Crippen molar-refractivity contribution in [2.75, 3.05) is 0 Å². The van der Waals surface area contributed by atoms with E-state index in [9.17, 15) is 0 Å². The summed E-state index contributed by atoms with van der Waals surface area (Å²) in [5.41, 5.74) is 34.6. The Bertz CT molecular complexity index is 5210. The molecule has 3 nitrogen and oxygen atoms in total. The van der Waals surface area contributed by atoms with E-state index in [0.717, 1.165) is 0 Å². The minimum absolute atomic E-state index is 0. The van der Waals surface area contributed by atoms with Gasteiger partial charge >= 0.3 is 10.6 Å². The largest absolute Gasteiger partial charge is 0.425 e. The van der Waals surface area contributed by atoms with Crippen LogP contribution in [0.3, 0.4) is 0 Å². The zero-order valence-corrected chi connectivity index (χ0v) is 73.2. The van der Waals surface area contributed by atoms with Gasteiger partial charge in [0, 0.05) is 0 Å². The molecule has 0 atom stereocenters. The SMILES string of the molecule is C.CC.CC.CC.CC.CC.CC.CC.O=S(=O)=O.c1ccc(-c2cc(-c3ccccc3)c(-c3ccccc3)c(-c3ccccc3)c2-c2ccccc2)cc1.c1ccc(-c2cc(-c3ccccc3)c(-c3ccccc3)c(-c3ccccc3)c2-c2ccccc2)cc1.c1ccc(-c2ccc(-c3ccccc3)c(-c3ccccc3)c2-c2ccccc2)cc1. The van der Waals surface area contributed by atoms with Crippen LogP contribution >= 0.6 is 0 Å². The highest BCUT2D eigenvalue weighted by molar-refractivity contribution is 7.59. The fourth-order valence-electron chi connectivity index (χ4n) is 14.3. The maximum Gasteiger partial charge on any atom is 0.425 e. The predicted molar refractivity (Wildman–Crippen MR) is 531 cm³/mol. The van der Waals surface area contributed by atoms with Crippen LogP contribution in [0.5, 0.6) is 0 Å². The lowest BCUT2D eigenvalue weighted by atomic mass is 9.79. The van der Waals surface area contributed by atoms with Crippen LogP contribution < -0.4 is 0 Å². The third kappa shape index (κ3) is 25.9. The Labute approximate surface area is 727 Å². The first-order valence-electron chi connectivity index (χ1n) is 42.6. The van der Waals surface area contributed by atoms with Crippen LogP contribution in [0, 0.1) is 0 Å². The van der Waals surface area contributed by atoms with Crippen molar-refractivity contribution >= 4 is 10.6 Å². The van der Waals surface area contributed by atoms with Gasteiger partial charge < -0.3 is 0 Å². The van der Waals surface area contributed by atoms with Gasteiger partial charge in [0.15, 0.2) is 0 Å². The molecule has 0 heterocycles. The Morgan fingerprint density at radius 3 is 0.339 bits per heavy atom. The highest BCUT2D eigenvalue weighted by atomic mass is 32.2. The molecule has 0 N–H and O–H groups in total. The van der Waals surface area contributed by atoms with Gasteiger partial charge in [0.05, 0.1) is 0 Å². The second-order valence-corrected chi connectivity index (χ2v) is 25.8. The molecule has 0 unspecified atom stereocenters. The smallest absolute Gasteiger partial charge is 0.142 e. The molecular weight excluding hydrogens is 1490 g/mol. The number of hydrogen-bond donors (Lipinski definition) is 0.